The van der Waals surface area contributed by atoms with Gasteiger partial charge in [-0.1, -0.05) is 202 Å². The van der Waals surface area contributed by atoms with Crippen LogP contribution in [0.3, 0.4) is 0 Å². The molecule has 1 aliphatic carbocycles. The standard InChI is InChI=1S/C57H40N2/c1-57(2)52-35-44(30-31-49(52)50-32-29-41-15-9-10-18-46(41)55(50)57)45-33-34-51(48-20-12-11-19-47(45)48)56-58-53(42-16-7-4-8-17-42)36-54(59-56)43-27-25-40(26-28-43)39-23-21-38(22-24-39)37-13-5-3-6-14-37/h3-36H,1-2H3. The van der Waals surface area contributed by atoms with Crippen LogP contribution in [-0.2, 0) is 5.41 Å². The molecule has 2 nitrogen and oxygen atoms in total. The van der Waals surface area contributed by atoms with Crippen LogP contribution in [0.25, 0.3) is 100.0 Å². The molecule has 1 aliphatic rings. The summed E-state index contributed by atoms with van der Waals surface area (Å²) >= 11 is 0. The van der Waals surface area contributed by atoms with Crippen LogP contribution in [0.15, 0.2) is 206 Å². The van der Waals surface area contributed by atoms with E-state index in [9.17, 15) is 0 Å². The summed E-state index contributed by atoms with van der Waals surface area (Å²) in [7, 11) is 0. The first kappa shape index (κ1) is 34.8. The maximum absolute atomic E-state index is 5.30. The molecule has 9 aromatic carbocycles. The van der Waals surface area contributed by atoms with Crippen LogP contribution in [0.4, 0.5) is 0 Å². The molecule has 59 heavy (non-hydrogen) atoms. The molecule has 10 aromatic rings. The van der Waals surface area contributed by atoms with Crippen LogP contribution in [0, 0.1) is 0 Å². The van der Waals surface area contributed by atoms with Crippen LogP contribution in [-0.4, -0.2) is 9.97 Å². The second kappa shape index (κ2) is 13.9. The summed E-state index contributed by atoms with van der Waals surface area (Å²) in [4.78, 5) is 10.6. The Labute approximate surface area is 345 Å². The topological polar surface area (TPSA) is 25.8 Å². The Kier molecular flexibility index (Phi) is 8.20. The minimum atomic E-state index is -0.134. The predicted octanol–water partition coefficient (Wildman–Crippen LogP) is 15.1. The second-order valence-corrected chi connectivity index (χ2v) is 16.1. The average molecular weight is 753 g/mol. The zero-order valence-corrected chi connectivity index (χ0v) is 33.0. The molecule has 0 N–H and O–H groups in total. The molecular formula is C57H40N2. The van der Waals surface area contributed by atoms with Gasteiger partial charge in [0.05, 0.1) is 11.4 Å². The fourth-order valence-corrected chi connectivity index (χ4v) is 9.31. The molecule has 11 rings (SSSR count). The lowest BCUT2D eigenvalue weighted by Crippen LogP contribution is -2.15. The van der Waals surface area contributed by atoms with Gasteiger partial charge in [-0.25, -0.2) is 9.97 Å². The molecule has 278 valence electrons. The van der Waals surface area contributed by atoms with Crippen molar-refractivity contribution in [3.05, 3.63) is 217 Å². The lowest BCUT2D eigenvalue weighted by atomic mass is 9.79. The van der Waals surface area contributed by atoms with E-state index in [0.29, 0.717) is 5.82 Å². The van der Waals surface area contributed by atoms with Crippen molar-refractivity contribution >= 4 is 21.5 Å². The highest BCUT2D eigenvalue weighted by Gasteiger charge is 2.37. The van der Waals surface area contributed by atoms with Crippen molar-refractivity contribution in [1.29, 1.82) is 0 Å². The van der Waals surface area contributed by atoms with Crippen LogP contribution < -0.4 is 0 Å². The zero-order chi connectivity index (χ0) is 39.5. The number of fused-ring (bicyclic) bond motifs is 6. The van der Waals surface area contributed by atoms with Crippen LogP contribution in [0.2, 0.25) is 0 Å². The lowest BCUT2D eigenvalue weighted by Gasteiger charge is -2.24. The summed E-state index contributed by atoms with van der Waals surface area (Å²) in [6.07, 6.45) is 0. The van der Waals surface area contributed by atoms with Crippen LogP contribution >= 0.6 is 0 Å². The highest BCUT2D eigenvalue weighted by atomic mass is 14.9. The van der Waals surface area contributed by atoms with E-state index in [1.807, 2.05) is 6.07 Å². The molecule has 0 atom stereocenters. The summed E-state index contributed by atoms with van der Waals surface area (Å²) in [5.41, 5.74) is 17.4. The molecule has 0 amide bonds. The number of benzene rings is 9. The molecule has 1 aromatic heterocycles. The fourth-order valence-electron chi connectivity index (χ4n) is 9.31. The first-order valence-electron chi connectivity index (χ1n) is 20.4. The molecule has 0 saturated heterocycles. The van der Waals surface area contributed by atoms with Gasteiger partial charge < -0.3 is 0 Å². The smallest absolute Gasteiger partial charge is 0.161 e. The van der Waals surface area contributed by atoms with Crippen LogP contribution in [0.5, 0.6) is 0 Å². The molecule has 1 heterocycles. The van der Waals surface area contributed by atoms with Gasteiger partial charge in [0.15, 0.2) is 5.82 Å². The van der Waals surface area contributed by atoms with E-state index >= 15 is 0 Å². The molecule has 0 aliphatic heterocycles. The van der Waals surface area contributed by atoms with Crippen molar-refractivity contribution in [3.63, 3.8) is 0 Å². The molecule has 0 unspecified atom stereocenters. The number of nitrogens with zero attached hydrogens (tertiary/aromatic N) is 2. The van der Waals surface area contributed by atoms with E-state index in [1.165, 1.54) is 71.8 Å². The largest absolute Gasteiger partial charge is 0.228 e. The Morgan fingerprint density at radius 2 is 0.763 bits per heavy atom. The van der Waals surface area contributed by atoms with Crippen molar-refractivity contribution in [1.82, 2.24) is 9.97 Å². The minimum Gasteiger partial charge on any atom is -0.228 e. The lowest BCUT2D eigenvalue weighted by molar-refractivity contribution is 0.666. The number of aromatic nitrogens is 2. The van der Waals surface area contributed by atoms with Gasteiger partial charge in [0.2, 0.25) is 0 Å². The Balaban J connectivity index is 0.987. The third kappa shape index (κ3) is 5.96. The van der Waals surface area contributed by atoms with E-state index in [4.69, 9.17) is 9.97 Å². The number of hydrogen-bond acceptors (Lipinski definition) is 2. The van der Waals surface area contributed by atoms with E-state index in [-0.39, 0.29) is 5.41 Å². The first-order chi connectivity index (χ1) is 29.0. The van der Waals surface area contributed by atoms with Crippen molar-refractivity contribution in [2.24, 2.45) is 0 Å². The monoisotopic (exact) mass is 752 g/mol. The SMILES string of the molecule is CC1(C)c2cc(-c3ccc(-c4nc(-c5ccccc5)cc(-c5ccc(-c6ccc(-c7ccccc7)cc6)cc5)n4)c4ccccc34)ccc2-c2ccc3ccccc3c21. The average Bonchev–Trinajstić information content (AvgIpc) is 3.54. The Morgan fingerprint density at radius 1 is 0.322 bits per heavy atom. The van der Waals surface area contributed by atoms with Gasteiger partial charge >= 0.3 is 0 Å². The molecule has 2 heteroatoms. The molecular weight excluding hydrogens is 713 g/mol. The summed E-state index contributed by atoms with van der Waals surface area (Å²) in [5, 5.41) is 4.94. The van der Waals surface area contributed by atoms with E-state index in [0.717, 1.165) is 33.5 Å². The zero-order valence-electron chi connectivity index (χ0n) is 33.0. The second-order valence-electron chi connectivity index (χ2n) is 16.1. The normalized spacial score (nSPS) is 12.7. The maximum atomic E-state index is 5.30. The third-order valence-electron chi connectivity index (χ3n) is 12.3. The van der Waals surface area contributed by atoms with Crippen molar-refractivity contribution in [2.45, 2.75) is 19.3 Å². The third-order valence-corrected chi connectivity index (χ3v) is 12.3. The van der Waals surface area contributed by atoms with Gasteiger partial charge in [0.1, 0.15) is 0 Å². The Hall–Kier alpha value is -7.42. The minimum absolute atomic E-state index is 0.134. The molecule has 0 fully saturated rings. The van der Waals surface area contributed by atoms with Crippen molar-refractivity contribution in [2.75, 3.05) is 0 Å². The van der Waals surface area contributed by atoms with E-state index in [2.05, 4.69) is 214 Å². The Bertz CT molecular complexity index is 3200. The van der Waals surface area contributed by atoms with Crippen LogP contribution in [0.1, 0.15) is 25.0 Å². The highest BCUT2D eigenvalue weighted by Crippen LogP contribution is 2.52. The highest BCUT2D eigenvalue weighted by molar-refractivity contribution is 6.05. The van der Waals surface area contributed by atoms with Crippen molar-refractivity contribution in [3.8, 4) is 78.4 Å². The molecule has 0 spiro atoms. The Morgan fingerprint density at radius 3 is 1.41 bits per heavy atom. The number of rotatable bonds is 6. The van der Waals surface area contributed by atoms with Gasteiger partial charge in [0, 0.05) is 22.1 Å². The van der Waals surface area contributed by atoms with E-state index < -0.39 is 0 Å². The molecule has 0 radical (unpaired) electrons. The molecule has 0 bridgehead atoms. The van der Waals surface area contributed by atoms with Gasteiger partial charge in [-0.2, -0.15) is 0 Å². The van der Waals surface area contributed by atoms with Gasteiger partial charge in [-0.05, 0) is 95.4 Å². The van der Waals surface area contributed by atoms with E-state index in [1.54, 1.807) is 0 Å². The van der Waals surface area contributed by atoms with Gasteiger partial charge in [-0.15, -0.1) is 0 Å². The summed E-state index contributed by atoms with van der Waals surface area (Å²) < 4.78 is 0. The fraction of sp³-hybridized carbons (Fsp3) is 0.0526. The summed E-state index contributed by atoms with van der Waals surface area (Å²) in [6, 6.07) is 74.2. The number of hydrogen-bond donors (Lipinski definition) is 0. The van der Waals surface area contributed by atoms with Gasteiger partial charge in [0.25, 0.3) is 0 Å². The van der Waals surface area contributed by atoms with Crippen molar-refractivity contribution < 1.29 is 0 Å². The summed E-state index contributed by atoms with van der Waals surface area (Å²) in [6.45, 7) is 4.75. The van der Waals surface area contributed by atoms with Gasteiger partial charge in [-0.3, -0.25) is 0 Å². The summed E-state index contributed by atoms with van der Waals surface area (Å²) in [5.74, 6) is 0.710. The predicted molar refractivity (Wildman–Crippen MR) is 247 cm³/mol. The quantitative estimate of drug-likeness (QED) is 0.169. The first-order valence-corrected chi connectivity index (χ1v) is 20.4. The maximum Gasteiger partial charge on any atom is 0.161 e. The molecule has 0 saturated carbocycles.